The first-order valence-electron chi connectivity index (χ1n) is 9.27. The Bertz CT molecular complexity index is 1190. The van der Waals surface area contributed by atoms with Crippen LogP contribution >= 0.6 is 0 Å². The van der Waals surface area contributed by atoms with Gasteiger partial charge in [-0.25, -0.2) is 4.68 Å². The van der Waals surface area contributed by atoms with Crippen molar-refractivity contribution in [1.29, 1.82) is 0 Å². The zero-order chi connectivity index (χ0) is 18.4. The number of H-pyrrole nitrogens is 1. The van der Waals surface area contributed by atoms with Gasteiger partial charge in [-0.1, -0.05) is 18.2 Å². The predicted molar refractivity (Wildman–Crippen MR) is 109 cm³/mol. The molecule has 1 fully saturated rings. The van der Waals surface area contributed by atoms with Gasteiger partial charge in [-0.2, -0.15) is 0 Å². The maximum atomic E-state index is 12.8. The van der Waals surface area contributed by atoms with Gasteiger partial charge in [-0.05, 0) is 36.8 Å². The molecule has 2 N–H and O–H groups in total. The van der Waals surface area contributed by atoms with E-state index in [4.69, 9.17) is 0 Å². The Balaban J connectivity index is 1.71. The lowest BCUT2D eigenvalue weighted by Gasteiger charge is -2.30. The van der Waals surface area contributed by atoms with Gasteiger partial charge in [0.2, 0.25) is 0 Å². The Morgan fingerprint density at radius 2 is 1.81 bits per heavy atom. The number of hydrogen-bond acceptors (Lipinski definition) is 4. The zero-order valence-corrected chi connectivity index (χ0v) is 15.2. The minimum absolute atomic E-state index is 0.0746. The van der Waals surface area contributed by atoms with Crippen molar-refractivity contribution in [2.75, 3.05) is 31.1 Å². The third-order valence-corrected chi connectivity index (χ3v) is 5.31. The summed E-state index contributed by atoms with van der Waals surface area (Å²) in [6.07, 6.45) is 1.69. The molecular weight excluding hydrogens is 338 g/mol. The van der Waals surface area contributed by atoms with Gasteiger partial charge < -0.3 is 10.2 Å². The quantitative estimate of drug-likeness (QED) is 0.577. The number of pyridine rings is 1. The molecule has 1 aliphatic heterocycles. The zero-order valence-electron chi connectivity index (χ0n) is 15.2. The first kappa shape index (κ1) is 16.1. The first-order chi connectivity index (χ1) is 13.2. The topological polar surface area (TPSA) is 66.0 Å². The first-order valence-corrected chi connectivity index (χ1v) is 9.27. The highest BCUT2D eigenvalue weighted by molar-refractivity contribution is 6.04. The number of fused-ring (bicyclic) bond motifs is 3. The molecule has 0 aliphatic carbocycles. The molecule has 6 heteroatoms. The number of piperazine rings is 1. The molecule has 0 amide bonds. The van der Waals surface area contributed by atoms with E-state index in [9.17, 15) is 4.79 Å². The molecule has 1 saturated heterocycles. The average molecular weight is 359 g/mol. The second kappa shape index (κ2) is 6.25. The number of aromatic nitrogens is 3. The van der Waals surface area contributed by atoms with Crippen LogP contribution in [-0.2, 0) is 0 Å². The molecule has 136 valence electrons. The van der Waals surface area contributed by atoms with E-state index in [0.29, 0.717) is 5.39 Å². The fourth-order valence-electron chi connectivity index (χ4n) is 3.91. The van der Waals surface area contributed by atoms with Crippen LogP contribution in [0.3, 0.4) is 0 Å². The molecule has 0 saturated carbocycles. The largest absolute Gasteiger partial charge is 0.369 e. The van der Waals surface area contributed by atoms with Crippen molar-refractivity contribution in [2.45, 2.75) is 6.92 Å². The van der Waals surface area contributed by atoms with Gasteiger partial charge in [-0.15, -0.1) is 0 Å². The van der Waals surface area contributed by atoms with Crippen molar-refractivity contribution < 1.29 is 0 Å². The Kier molecular flexibility index (Phi) is 3.72. The van der Waals surface area contributed by atoms with Crippen LogP contribution in [-0.4, -0.2) is 40.9 Å². The second-order valence-corrected chi connectivity index (χ2v) is 7.03. The number of benzene rings is 2. The van der Waals surface area contributed by atoms with Crippen molar-refractivity contribution >= 4 is 27.5 Å². The number of aryl methyl sites for hydroxylation is 1. The number of para-hydroxylation sites is 1. The molecule has 0 spiro atoms. The highest BCUT2D eigenvalue weighted by Gasteiger charge is 2.17. The van der Waals surface area contributed by atoms with E-state index in [-0.39, 0.29) is 5.56 Å². The van der Waals surface area contributed by atoms with Crippen LogP contribution in [0.2, 0.25) is 0 Å². The molecule has 0 atom stereocenters. The maximum absolute atomic E-state index is 12.8. The van der Waals surface area contributed by atoms with Crippen molar-refractivity contribution in [3.05, 3.63) is 64.6 Å². The fraction of sp³-hybridized carbons (Fsp3) is 0.238. The summed E-state index contributed by atoms with van der Waals surface area (Å²) in [5, 5.41) is 8.27. The van der Waals surface area contributed by atoms with Gasteiger partial charge in [0, 0.05) is 43.4 Å². The summed E-state index contributed by atoms with van der Waals surface area (Å²) in [6, 6.07) is 13.9. The highest BCUT2D eigenvalue weighted by Crippen LogP contribution is 2.29. The molecule has 2 aromatic heterocycles. The lowest BCUT2D eigenvalue weighted by atomic mass is 10.1. The molecule has 2 aromatic carbocycles. The SMILES string of the molecule is Cc1cc2c(cc1N1CCNCC1)ncc1c(=O)n(-c3ccccc3)[nH]c12. The van der Waals surface area contributed by atoms with Gasteiger partial charge in [0.15, 0.2) is 0 Å². The number of rotatable bonds is 2. The number of hydrogen-bond donors (Lipinski definition) is 2. The summed E-state index contributed by atoms with van der Waals surface area (Å²) in [6.45, 7) is 6.11. The summed E-state index contributed by atoms with van der Waals surface area (Å²) in [4.78, 5) is 19.8. The average Bonchev–Trinajstić information content (AvgIpc) is 3.06. The molecular formula is C21H21N5O. The Morgan fingerprint density at radius 3 is 2.59 bits per heavy atom. The van der Waals surface area contributed by atoms with Crippen LogP contribution in [0.4, 0.5) is 5.69 Å². The van der Waals surface area contributed by atoms with Gasteiger partial charge in [0.25, 0.3) is 5.56 Å². The molecule has 0 unspecified atom stereocenters. The second-order valence-electron chi connectivity index (χ2n) is 7.03. The van der Waals surface area contributed by atoms with Crippen LogP contribution in [0, 0.1) is 6.92 Å². The van der Waals surface area contributed by atoms with Crippen molar-refractivity contribution in [1.82, 2.24) is 20.1 Å². The van der Waals surface area contributed by atoms with E-state index < -0.39 is 0 Å². The molecule has 5 rings (SSSR count). The summed E-state index contributed by atoms with van der Waals surface area (Å²) >= 11 is 0. The van der Waals surface area contributed by atoms with Crippen LogP contribution in [0.15, 0.2) is 53.5 Å². The van der Waals surface area contributed by atoms with Crippen molar-refractivity contribution in [3.8, 4) is 5.69 Å². The minimum atomic E-state index is -0.0746. The molecule has 1 aliphatic rings. The number of anilines is 1. The van der Waals surface area contributed by atoms with E-state index in [1.165, 1.54) is 11.3 Å². The summed E-state index contributed by atoms with van der Waals surface area (Å²) < 4.78 is 1.59. The van der Waals surface area contributed by atoms with Crippen LogP contribution in [0.25, 0.3) is 27.5 Å². The highest BCUT2D eigenvalue weighted by atomic mass is 16.1. The number of nitrogens with one attached hydrogen (secondary N) is 2. The fourth-order valence-corrected chi connectivity index (χ4v) is 3.91. The molecule has 4 aromatic rings. The Hall–Kier alpha value is -3.12. The number of nitrogens with zero attached hydrogens (tertiary/aromatic N) is 3. The standard InChI is InChI=1S/C21H21N5O/c1-14-11-16-18(12-19(14)25-9-7-22-8-10-25)23-13-17-20(16)24-26(21(17)27)15-5-3-2-4-6-15/h2-6,11-13,22,24H,7-10H2,1H3. The molecule has 0 bridgehead atoms. The van der Waals surface area contributed by atoms with Crippen LogP contribution < -0.4 is 15.8 Å². The van der Waals surface area contributed by atoms with E-state index in [1.807, 2.05) is 30.3 Å². The van der Waals surface area contributed by atoms with Crippen molar-refractivity contribution in [3.63, 3.8) is 0 Å². The van der Waals surface area contributed by atoms with E-state index in [1.54, 1.807) is 10.9 Å². The summed E-state index contributed by atoms with van der Waals surface area (Å²) in [5.74, 6) is 0. The smallest absolute Gasteiger partial charge is 0.280 e. The summed E-state index contributed by atoms with van der Waals surface area (Å²) in [7, 11) is 0. The monoisotopic (exact) mass is 359 g/mol. The lowest BCUT2D eigenvalue weighted by molar-refractivity contribution is 0.588. The Labute approximate surface area is 156 Å². The van der Waals surface area contributed by atoms with Gasteiger partial charge >= 0.3 is 0 Å². The van der Waals surface area contributed by atoms with Crippen molar-refractivity contribution in [2.24, 2.45) is 0 Å². The van der Waals surface area contributed by atoms with E-state index in [0.717, 1.165) is 48.3 Å². The minimum Gasteiger partial charge on any atom is -0.369 e. The van der Waals surface area contributed by atoms with Gasteiger partial charge in [0.1, 0.15) is 0 Å². The molecule has 3 heterocycles. The van der Waals surface area contributed by atoms with Crippen LogP contribution in [0.1, 0.15) is 5.56 Å². The third-order valence-electron chi connectivity index (χ3n) is 5.31. The van der Waals surface area contributed by atoms with Gasteiger partial charge in [0.05, 0.1) is 22.1 Å². The molecule has 0 radical (unpaired) electrons. The van der Waals surface area contributed by atoms with Gasteiger partial charge in [-0.3, -0.25) is 14.9 Å². The summed E-state index contributed by atoms with van der Waals surface area (Å²) in [5.41, 5.74) is 4.91. The number of aromatic amines is 1. The third kappa shape index (κ3) is 2.61. The van der Waals surface area contributed by atoms with E-state index >= 15 is 0 Å². The predicted octanol–water partition coefficient (Wildman–Crippen LogP) is 2.59. The molecule has 27 heavy (non-hydrogen) atoms. The normalized spacial score (nSPS) is 14.9. The molecule has 6 nitrogen and oxygen atoms in total. The Morgan fingerprint density at radius 1 is 1.04 bits per heavy atom. The van der Waals surface area contributed by atoms with Crippen LogP contribution in [0.5, 0.6) is 0 Å². The maximum Gasteiger partial charge on any atom is 0.280 e. The van der Waals surface area contributed by atoms with E-state index in [2.05, 4.69) is 39.4 Å². The lowest BCUT2D eigenvalue weighted by Crippen LogP contribution is -2.43.